The maximum absolute atomic E-state index is 14.5. The van der Waals surface area contributed by atoms with Crippen LogP contribution in [-0.2, 0) is 15.1 Å². The Kier molecular flexibility index (Phi) is 6.56. The highest BCUT2D eigenvalue weighted by Gasteiger charge is 2.65. The Balaban J connectivity index is 2.60. The highest BCUT2D eigenvalue weighted by molar-refractivity contribution is 5.69. The average Bonchev–Trinajstić information content (AvgIpc) is 3.03. The largest absolute Gasteiger partial charge is 0.444 e. The van der Waals surface area contributed by atoms with E-state index in [-0.39, 0.29) is 25.1 Å². The Morgan fingerprint density at radius 2 is 1.67 bits per heavy atom. The molecule has 2 unspecified atom stereocenters. The number of likely N-dealkylation sites (tertiary alicyclic amines) is 1. The van der Waals surface area contributed by atoms with Crippen LogP contribution in [0.4, 0.5) is 36.8 Å². The molecular weight excluding hydrogens is 418 g/mol. The van der Waals surface area contributed by atoms with E-state index in [1.54, 1.807) is 0 Å². The minimum atomic E-state index is -5.27. The zero-order chi connectivity index (χ0) is 23.0. The highest BCUT2D eigenvalue weighted by atomic mass is 19.4. The van der Waals surface area contributed by atoms with E-state index in [2.05, 4.69) is 4.74 Å². The van der Waals surface area contributed by atoms with Gasteiger partial charge in [0.2, 0.25) is 5.60 Å². The van der Waals surface area contributed by atoms with Crippen LogP contribution in [0.15, 0.2) is 24.3 Å². The number of amides is 1. The number of hydrogen-bond acceptors (Lipinski definition) is 4. The zero-order valence-corrected chi connectivity index (χ0v) is 16.7. The van der Waals surface area contributed by atoms with E-state index in [4.69, 9.17) is 10.5 Å². The first kappa shape index (κ1) is 24.1. The number of nitrogens with zero attached hydrogens (tertiary/aromatic N) is 1. The van der Waals surface area contributed by atoms with Crippen molar-refractivity contribution >= 4 is 11.8 Å². The molecule has 11 heteroatoms. The van der Waals surface area contributed by atoms with Gasteiger partial charge in [0.1, 0.15) is 12.2 Å². The monoisotopic (exact) mass is 442 g/mol. The third-order valence-electron chi connectivity index (χ3n) is 4.57. The molecule has 5 nitrogen and oxygen atoms in total. The van der Waals surface area contributed by atoms with Crippen LogP contribution < -0.4 is 5.73 Å². The van der Waals surface area contributed by atoms with Gasteiger partial charge in [0.25, 0.3) is 0 Å². The molecule has 0 bridgehead atoms. The lowest BCUT2D eigenvalue weighted by atomic mass is 9.83. The van der Waals surface area contributed by atoms with E-state index in [9.17, 15) is 31.1 Å². The van der Waals surface area contributed by atoms with Gasteiger partial charge in [-0.2, -0.15) is 26.3 Å². The fourth-order valence-corrected chi connectivity index (χ4v) is 3.46. The molecular formula is C19H24F6N2O3. The Bertz CT molecular complexity index is 743. The average molecular weight is 442 g/mol. The van der Waals surface area contributed by atoms with Gasteiger partial charge in [0, 0.05) is 12.2 Å². The van der Waals surface area contributed by atoms with Crippen molar-refractivity contribution in [2.24, 2.45) is 0 Å². The van der Waals surface area contributed by atoms with Crippen molar-refractivity contribution in [1.29, 1.82) is 0 Å². The maximum Gasteiger partial charge on any atom is 0.423 e. The summed E-state index contributed by atoms with van der Waals surface area (Å²) in [5.41, 5.74) is 0.671. The summed E-state index contributed by atoms with van der Waals surface area (Å²) in [5, 5.41) is 0. The number of alkyl halides is 6. The first-order valence-corrected chi connectivity index (χ1v) is 9.20. The van der Waals surface area contributed by atoms with E-state index in [0.29, 0.717) is 0 Å². The van der Waals surface area contributed by atoms with Crippen molar-refractivity contribution in [2.45, 2.75) is 63.2 Å². The first-order valence-electron chi connectivity index (χ1n) is 9.20. The second kappa shape index (κ2) is 8.16. The van der Waals surface area contributed by atoms with E-state index < -0.39 is 47.9 Å². The molecule has 1 fully saturated rings. The fourth-order valence-electron chi connectivity index (χ4n) is 3.46. The van der Waals surface area contributed by atoms with Crippen molar-refractivity contribution in [3.8, 4) is 0 Å². The van der Waals surface area contributed by atoms with Gasteiger partial charge in [0.15, 0.2) is 0 Å². The lowest BCUT2D eigenvalue weighted by Crippen LogP contribution is -2.60. The van der Waals surface area contributed by atoms with Crippen LogP contribution in [0.3, 0.4) is 0 Å². The summed E-state index contributed by atoms with van der Waals surface area (Å²) < 4.78 is 91.9. The molecule has 0 saturated carbocycles. The number of carbonyl (C=O) groups is 1. The van der Waals surface area contributed by atoms with Crippen LogP contribution in [0.25, 0.3) is 0 Å². The lowest BCUT2D eigenvalue weighted by Gasteiger charge is -2.44. The molecule has 0 aromatic heterocycles. The molecule has 30 heavy (non-hydrogen) atoms. The normalized spacial score (nSPS) is 20.2. The zero-order valence-electron chi connectivity index (χ0n) is 16.7. The summed E-state index contributed by atoms with van der Waals surface area (Å²) in [6, 6.07) is 2.45. The number of rotatable bonds is 4. The Hall–Kier alpha value is -2.17. The van der Waals surface area contributed by atoms with Crippen LogP contribution in [0.1, 0.15) is 39.2 Å². The van der Waals surface area contributed by atoms with Crippen molar-refractivity contribution < 1.29 is 40.6 Å². The topological polar surface area (TPSA) is 64.8 Å². The summed E-state index contributed by atoms with van der Waals surface area (Å²) >= 11 is 0. The Morgan fingerprint density at radius 1 is 1.10 bits per heavy atom. The van der Waals surface area contributed by atoms with Gasteiger partial charge in [0.05, 0.1) is 6.04 Å². The van der Waals surface area contributed by atoms with Crippen molar-refractivity contribution in [3.63, 3.8) is 0 Å². The molecule has 0 spiro atoms. The summed E-state index contributed by atoms with van der Waals surface area (Å²) in [4.78, 5) is 13.4. The standard InChI is InChI=1S/C19H24F6N2O3/c1-16(2,3)30-15(28)27-10-4-5-14(27)18(19(23,24)25,29-11-17(20,21)22)12-6-8-13(26)9-7-12/h6-9,14H,4-5,10-11,26H2,1-3H3. The predicted molar refractivity (Wildman–Crippen MR) is 96.6 cm³/mol. The second-order valence-electron chi connectivity index (χ2n) is 8.09. The SMILES string of the molecule is CC(C)(C)OC(=O)N1CCCC1C(OCC(F)(F)F)(c1ccc(N)cc1)C(F)(F)F. The summed E-state index contributed by atoms with van der Waals surface area (Å²) in [6.45, 7) is 2.35. The second-order valence-corrected chi connectivity index (χ2v) is 8.09. The number of halogens is 6. The summed E-state index contributed by atoms with van der Waals surface area (Å²) in [6.07, 6.45) is -11.4. The molecule has 170 valence electrons. The molecule has 2 atom stereocenters. The molecule has 1 aliphatic rings. The smallest absolute Gasteiger partial charge is 0.423 e. The quantitative estimate of drug-likeness (QED) is 0.526. The molecule has 0 radical (unpaired) electrons. The highest BCUT2D eigenvalue weighted by Crippen LogP contribution is 2.50. The van der Waals surface area contributed by atoms with Crippen LogP contribution in [0, 0.1) is 0 Å². The summed E-state index contributed by atoms with van der Waals surface area (Å²) in [7, 11) is 0. The van der Waals surface area contributed by atoms with Crippen molar-refractivity contribution in [1.82, 2.24) is 4.90 Å². The van der Waals surface area contributed by atoms with Gasteiger partial charge in [-0.15, -0.1) is 0 Å². The molecule has 2 N–H and O–H groups in total. The molecule has 0 aliphatic carbocycles. The van der Waals surface area contributed by atoms with E-state index in [1.165, 1.54) is 20.8 Å². The summed E-state index contributed by atoms with van der Waals surface area (Å²) in [5.74, 6) is 0. The molecule has 2 rings (SSSR count). The number of anilines is 1. The minimum Gasteiger partial charge on any atom is -0.444 e. The predicted octanol–water partition coefficient (Wildman–Crippen LogP) is 5.00. The van der Waals surface area contributed by atoms with Gasteiger partial charge < -0.3 is 20.1 Å². The van der Waals surface area contributed by atoms with Crippen LogP contribution in [0.2, 0.25) is 0 Å². The van der Waals surface area contributed by atoms with E-state index in [1.807, 2.05) is 0 Å². The van der Waals surface area contributed by atoms with Gasteiger partial charge in [-0.1, -0.05) is 12.1 Å². The molecule has 1 aromatic rings. The number of ether oxygens (including phenoxy) is 2. The van der Waals surface area contributed by atoms with Crippen LogP contribution in [0.5, 0.6) is 0 Å². The maximum atomic E-state index is 14.5. The minimum absolute atomic E-state index is 0.109. The fraction of sp³-hybridized carbons (Fsp3) is 0.632. The molecule has 1 amide bonds. The van der Waals surface area contributed by atoms with Gasteiger partial charge in [-0.05, 0) is 51.3 Å². The molecule has 1 saturated heterocycles. The molecule has 1 aliphatic heterocycles. The Morgan fingerprint density at radius 3 is 2.13 bits per heavy atom. The Labute approximate surface area is 170 Å². The third kappa shape index (κ3) is 5.30. The molecule has 1 aromatic carbocycles. The third-order valence-corrected chi connectivity index (χ3v) is 4.57. The van der Waals surface area contributed by atoms with Crippen molar-refractivity contribution in [2.75, 3.05) is 18.9 Å². The van der Waals surface area contributed by atoms with Gasteiger partial charge in [-0.25, -0.2) is 4.79 Å². The van der Waals surface area contributed by atoms with E-state index >= 15 is 0 Å². The van der Waals surface area contributed by atoms with Crippen molar-refractivity contribution in [3.05, 3.63) is 29.8 Å². The lowest BCUT2D eigenvalue weighted by molar-refractivity contribution is -0.324. The first-order chi connectivity index (χ1) is 13.6. The van der Waals surface area contributed by atoms with Gasteiger partial charge in [-0.3, -0.25) is 0 Å². The number of nitrogens with two attached hydrogens (primary N) is 1. The van der Waals surface area contributed by atoms with E-state index in [0.717, 1.165) is 29.2 Å². The van der Waals surface area contributed by atoms with Crippen LogP contribution >= 0.6 is 0 Å². The number of benzene rings is 1. The number of carbonyl (C=O) groups excluding carboxylic acids is 1. The van der Waals surface area contributed by atoms with Crippen LogP contribution in [-0.4, -0.2) is 48.1 Å². The number of nitrogen functional groups attached to an aromatic ring is 1. The number of hydrogen-bond donors (Lipinski definition) is 1. The molecule has 1 heterocycles. The van der Waals surface area contributed by atoms with Gasteiger partial charge >= 0.3 is 18.4 Å².